The van der Waals surface area contributed by atoms with Gasteiger partial charge in [0.15, 0.2) is 0 Å². The minimum Gasteiger partial charge on any atom is -0.310 e. The maximum absolute atomic E-state index is 2.48. The Balaban J connectivity index is 1.12. The molecule has 1 aromatic heterocycles. The van der Waals surface area contributed by atoms with Crippen LogP contribution in [0.3, 0.4) is 0 Å². The highest BCUT2D eigenvalue weighted by Gasteiger charge is 2.48. The van der Waals surface area contributed by atoms with Gasteiger partial charge in [-0.3, -0.25) is 0 Å². The minimum absolute atomic E-state index is 0.519. The number of anilines is 3. The van der Waals surface area contributed by atoms with Crippen LogP contribution in [-0.2, 0) is 5.41 Å². The van der Waals surface area contributed by atoms with E-state index in [2.05, 4.69) is 240 Å². The summed E-state index contributed by atoms with van der Waals surface area (Å²) >= 11 is 0. The monoisotopic (exact) mass is 750 g/mol. The molecule has 59 heavy (non-hydrogen) atoms. The van der Waals surface area contributed by atoms with Crippen LogP contribution in [0, 0.1) is 0 Å². The van der Waals surface area contributed by atoms with Gasteiger partial charge in [0.1, 0.15) is 0 Å². The second kappa shape index (κ2) is 13.2. The molecule has 0 bridgehead atoms. The molecule has 0 fully saturated rings. The Kier molecular flexibility index (Phi) is 7.48. The van der Waals surface area contributed by atoms with Crippen LogP contribution >= 0.6 is 0 Å². The van der Waals surface area contributed by atoms with Gasteiger partial charge in [-0.1, -0.05) is 170 Å². The zero-order valence-corrected chi connectivity index (χ0v) is 32.3. The fraction of sp³-hybridized carbons (Fsp3) is 0.0175. The topological polar surface area (TPSA) is 8.17 Å². The summed E-state index contributed by atoms with van der Waals surface area (Å²) < 4.78 is 2.39. The number of benzene rings is 9. The number of nitrogens with zero attached hydrogens (tertiary/aromatic N) is 2. The maximum atomic E-state index is 2.48. The summed E-state index contributed by atoms with van der Waals surface area (Å²) in [6.07, 6.45) is 4.60. The zero-order valence-electron chi connectivity index (χ0n) is 32.3. The number of fused-ring (bicyclic) bond motifs is 12. The molecule has 0 amide bonds. The van der Waals surface area contributed by atoms with Crippen LogP contribution < -0.4 is 4.90 Å². The van der Waals surface area contributed by atoms with Gasteiger partial charge in [0.05, 0.1) is 16.4 Å². The third-order valence-corrected chi connectivity index (χ3v) is 12.6. The first-order valence-corrected chi connectivity index (χ1v) is 20.4. The van der Waals surface area contributed by atoms with Crippen molar-refractivity contribution in [3.8, 4) is 27.9 Å². The predicted octanol–water partition coefficient (Wildman–Crippen LogP) is 14.8. The summed E-state index contributed by atoms with van der Waals surface area (Å²) in [7, 11) is 0. The lowest BCUT2D eigenvalue weighted by molar-refractivity contribution is 0.766. The van der Waals surface area contributed by atoms with Crippen LogP contribution in [0.1, 0.15) is 33.4 Å². The quantitative estimate of drug-likeness (QED) is 0.170. The molecule has 0 N–H and O–H groups in total. The molecule has 2 nitrogen and oxygen atoms in total. The lowest BCUT2D eigenvalue weighted by Crippen LogP contribution is -2.30. The molecule has 0 radical (unpaired) electrons. The van der Waals surface area contributed by atoms with Gasteiger partial charge in [0.2, 0.25) is 0 Å². The first-order chi connectivity index (χ1) is 29.3. The normalized spacial score (nSPS) is 13.2. The van der Waals surface area contributed by atoms with E-state index in [0.29, 0.717) is 0 Å². The smallest absolute Gasteiger partial charge is 0.0725 e. The molecule has 2 aliphatic carbocycles. The summed E-state index contributed by atoms with van der Waals surface area (Å²) in [6.45, 7) is 0. The molecule has 0 unspecified atom stereocenters. The fourth-order valence-corrected chi connectivity index (χ4v) is 10.1. The summed E-state index contributed by atoms with van der Waals surface area (Å²) in [5, 5.41) is 2.45. The van der Waals surface area contributed by atoms with Gasteiger partial charge in [-0.15, -0.1) is 0 Å². The van der Waals surface area contributed by atoms with E-state index in [1.54, 1.807) is 0 Å². The Labute approximate surface area is 344 Å². The molecular formula is C57H38N2. The molecule has 2 heteroatoms. The third-order valence-electron chi connectivity index (χ3n) is 12.6. The van der Waals surface area contributed by atoms with E-state index in [1.807, 2.05) is 0 Å². The molecule has 0 saturated heterocycles. The van der Waals surface area contributed by atoms with E-state index in [9.17, 15) is 0 Å². The van der Waals surface area contributed by atoms with Crippen molar-refractivity contribution in [1.29, 1.82) is 0 Å². The molecule has 1 heterocycles. The molecule has 276 valence electrons. The van der Waals surface area contributed by atoms with Gasteiger partial charge < -0.3 is 9.47 Å². The average molecular weight is 751 g/mol. The number of aromatic nitrogens is 1. The van der Waals surface area contributed by atoms with Gasteiger partial charge in [-0.25, -0.2) is 0 Å². The summed E-state index contributed by atoms with van der Waals surface area (Å²) in [4.78, 5) is 2.45. The number of para-hydroxylation sites is 2. The highest BCUT2D eigenvalue weighted by atomic mass is 15.1. The van der Waals surface area contributed by atoms with Gasteiger partial charge in [0, 0.05) is 33.5 Å². The molecule has 10 aromatic rings. The molecule has 0 atom stereocenters. The Hall–Kier alpha value is -7.68. The van der Waals surface area contributed by atoms with Crippen LogP contribution in [-0.4, -0.2) is 4.57 Å². The number of hydrogen-bond acceptors (Lipinski definition) is 1. The average Bonchev–Trinajstić information content (AvgIpc) is 3.73. The van der Waals surface area contributed by atoms with Gasteiger partial charge in [0.25, 0.3) is 0 Å². The largest absolute Gasteiger partial charge is 0.310 e. The van der Waals surface area contributed by atoms with E-state index < -0.39 is 5.41 Å². The van der Waals surface area contributed by atoms with Crippen molar-refractivity contribution in [1.82, 2.24) is 4.57 Å². The highest BCUT2D eigenvalue weighted by Crippen LogP contribution is 2.59. The number of hydrogen-bond donors (Lipinski definition) is 0. The van der Waals surface area contributed by atoms with Crippen molar-refractivity contribution >= 4 is 51.0 Å². The van der Waals surface area contributed by atoms with Gasteiger partial charge in [-0.2, -0.15) is 0 Å². The second-order valence-corrected chi connectivity index (χ2v) is 15.7. The van der Waals surface area contributed by atoms with Crippen molar-refractivity contribution in [2.45, 2.75) is 5.41 Å². The Morgan fingerprint density at radius 2 is 0.864 bits per heavy atom. The molecule has 1 spiro atoms. The highest BCUT2D eigenvalue weighted by molar-refractivity contribution is 6.11. The molecular weight excluding hydrogens is 713 g/mol. The molecule has 0 saturated carbocycles. The zero-order chi connectivity index (χ0) is 38.9. The van der Waals surface area contributed by atoms with Crippen LogP contribution in [0.25, 0.3) is 61.9 Å². The lowest BCUT2D eigenvalue weighted by Gasteiger charge is -2.36. The first-order valence-electron chi connectivity index (χ1n) is 20.4. The summed E-state index contributed by atoms with van der Waals surface area (Å²) in [6, 6.07) is 80.4. The second-order valence-electron chi connectivity index (χ2n) is 15.7. The summed E-state index contributed by atoms with van der Waals surface area (Å²) in [5.74, 6) is 0. The van der Waals surface area contributed by atoms with Crippen molar-refractivity contribution < 1.29 is 0 Å². The first kappa shape index (κ1) is 33.5. The van der Waals surface area contributed by atoms with Crippen molar-refractivity contribution in [3.05, 3.63) is 252 Å². The van der Waals surface area contributed by atoms with Crippen LogP contribution in [0.15, 0.2) is 218 Å². The molecule has 12 rings (SSSR count). The Morgan fingerprint density at radius 1 is 0.339 bits per heavy atom. The molecule has 2 aliphatic rings. The van der Waals surface area contributed by atoms with Crippen molar-refractivity contribution in [3.63, 3.8) is 0 Å². The van der Waals surface area contributed by atoms with E-state index >= 15 is 0 Å². The maximum Gasteiger partial charge on any atom is 0.0725 e. The van der Waals surface area contributed by atoms with Crippen molar-refractivity contribution in [2.24, 2.45) is 0 Å². The Morgan fingerprint density at radius 3 is 1.61 bits per heavy atom. The Bertz CT molecular complexity index is 3210. The van der Waals surface area contributed by atoms with Crippen LogP contribution in [0.2, 0.25) is 0 Å². The lowest BCUT2D eigenvalue weighted by atomic mass is 9.66. The predicted molar refractivity (Wildman–Crippen MR) is 247 cm³/mol. The molecule has 0 aliphatic heterocycles. The fourth-order valence-electron chi connectivity index (χ4n) is 10.1. The van der Waals surface area contributed by atoms with E-state index in [0.717, 1.165) is 22.7 Å². The standard InChI is InChI=1S/C57H38N2/c1-3-15-39(16-4-1)40-29-31-44(32-30-40)58(45-34-36-56-50(37-45)49-22-10-14-26-55(49)59(56)43-19-5-2-6-20-43)46-33-35-48-47-21-9-13-25-53(47)57(54(48)38-46)51-23-11-7-17-41(51)27-28-42-18-8-12-24-52(42)57/h1-38H. The van der Waals surface area contributed by atoms with Crippen molar-refractivity contribution in [2.75, 3.05) is 4.90 Å². The van der Waals surface area contributed by atoms with E-state index in [1.165, 1.54) is 77.4 Å². The van der Waals surface area contributed by atoms with Gasteiger partial charge in [-0.05, 0) is 116 Å². The van der Waals surface area contributed by atoms with Gasteiger partial charge >= 0.3 is 0 Å². The minimum atomic E-state index is -0.519. The number of rotatable bonds is 5. The third kappa shape index (κ3) is 5.00. The SMILES string of the molecule is C1=Cc2ccccc2C2(c3ccccc31)c1ccccc1-c1ccc(N(c3ccc(-c4ccccc4)cc3)c3ccc4c(c3)c3ccccc3n4-c3ccccc3)cc12. The molecule has 9 aromatic carbocycles. The summed E-state index contributed by atoms with van der Waals surface area (Å²) in [5.41, 5.74) is 19.0. The van der Waals surface area contributed by atoms with Crippen LogP contribution in [0.5, 0.6) is 0 Å². The van der Waals surface area contributed by atoms with E-state index in [-0.39, 0.29) is 0 Å². The van der Waals surface area contributed by atoms with Crippen LogP contribution in [0.4, 0.5) is 17.1 Å². The van der Waals surface area contributed by atoms with E-state index in [4.69, 9.17) is 0 Å².